The Bertz CT molecular complexity index is 788. The molecule has 6 heteroatoms. The normalized spacial score (nSPS) is 20.6. The number of benzene rings is 1. The first kappa shape index (κ1) is 17.4. The summed E-state index contributed by atoms with van der Waals surface area (Å²) in [5.41, 5.74) is 2.49. The Balaban J connectivity index is 1.90. The molecule has 1 amide bonds. The Morgan fingerprint density at radius 2 is 1.68 bits per heavy atom. The van der Waals surface area contributed by atoms with E-state index in [4.69, 9.17) is 4.74 Å². The van der Waals surface area contributed by atoms with Crippen LogP contribution < -0.4 is 0 Å². The van der Waals surface area contributed by atoms with Gasteiger partial charge in [-0.15, -0.1) is 0 Å². The number of morpholine rings is 1. The molecule has 0 radical (unpaired) electrons. The summed E-state index contributed by atoms with van der Waals surface area (Å²) in [6, 6.07) is 9.58. The van der Waals surface area contributed by atoms with Crippen molar-refractivity contribution in [2.45, 2.75) is 39.9 Å². The fourth-order valence-corrected chi connectivity index (χ4v) is 3.39. The highest BCUT2D eigenvalue weighted by Gasteiger charge is 2.33. The van der Waals surface area contributed by atoms with Crippen LogP contribution in [0.5, 0.6) is 0 Å². The zero-order valence-corrected chi connectivity index (χ0v) is 15.0. The van der Waals surface area contributed by atoms with Gasteiger partial charge in [0.1, 0.15) is 0 Å². The van der Waals surface area contributed by atoms with E-state index in [0.717, 1.165) is 5.69 Å². The second kappa shape index (κ2) is 6.80. The van der Waals surface area contributed by atoms with E-state index >= 15 is 0 Å². The lowest BCUT2D eigenvalue weighted by Gasteiger charge is -2.34. The number of nitrogens with zero attached hydrogens (tertiary/aromatic N) is 3. The van der Waals surface area contributed by atoms with Gasteiger partial charge in [-0.05, 0) is 39.8 Å². The highest BCUT2D eigenvalue weighted by Crippen LogP contribution is 2.20. The van der Waals surface area contributed by atoms with Crippen LogP contribution in [0.15, 0.2) is 30.3 Å². The predicted octanol–water partition coefficient (Wildman–Crippen LogP) is 2.31. The van der Waals surface area contributed by atoms with Crippen molar-refractivity contribution in [3.05, 3.63) is 47.3 Å². The van der Waals surface area contributed by atoms with Crippen molar-refractivity contribution in [2.24, 2.45) is 0 Å². The number of carbonyl (C=O) groups excluding carboxylic acids is 2. The lowest BCUT2D eigenvalue weighted by Crippen LogP contribution is -2.50. The quantitative estimate of drug-likeness (QED) is 0.635. The number of hydrogen-bond donors (Lipinski definition) is 0. The number of Topliss-reactive ketones (excluding diaryl/α,β-unsaturated/α-hetero) is 1. The molecule has 1 aromatic carbocycles. The van der Waals surface area contributed by atoms with Gasteiger partial charge in [-0.2, -0.15) is 5.10 Å². The van der Waals surface area contributed by atoms with Gasteiger partial charge < -0.3 is 9.64 Å². The van der Waals surface area contributed by atoms with Gasteiger partial charge in [0.05, 0.1) is 34.8 Å². The number of carbonyl (C=O) groups is 2. The topological polar surface area (TPSA) is 64.4 Å². The van der Waals surface area contributed by atoms with Crippen LogP contribution in [0.25, 0.3) is 5.69 Å². The maximum absolute atomic E-state index is 12.9. The molecule has 25 heavy (non-hydrogen) atoms. The summed E-state index contributed by atoms with van der Waals surface area (Å²) in [6.45, 7) is 8.25. The van der Waals surface area contributed by atoms with Gasteiger partial charge in [0.15, 0.2) is 0 Å². The minimum Gasteiger partial charge on any atom is -0.372 e. The Hall–Kier alpha value is -2.47. The largest absolute Gasteiger partial charge is 0.372 e. The van der Waals surface area contributed by atoms with E-state index < -0.39 is 11.7 Å². The predicted molar refractivity (Wildman–Crippen MR) is 94.0 cm³/mol. The monoisotopic (exact) mass is 341 g/mol. The van der Waals surface area contributed by atoms with Crippen molar-refractivity contribution in [3.63, 3.8) is 0 Å². The second-order valence-corrected chi connectivity index (χ2v) is 6.59. The molecule has 1 saturated heterocycles. The van der Waals surface area contributed by atoms with Crippen LogP contribution in [-0.4, -0.2) is 51.7 Å². The van der Waals surface area contributed by atoms with E-state index in [1.165, 1.54) is 0 Å². The molecule has 2 heterocycles. The standard InChI is InChI=1S/C19H23N3O3/c1-12-10-21(11-13(2)25-12)19(24)18(23)17-14(3)20-22(15(17)4)16-8-6-5-7-9-16/h5-9,12-13H,10-11H2,1-4H3/t12-,13+. The van der Waals surface area contributed by atoms with E-state index in [-0.39, 0.29) is 12.2 Å². The average Bonchev–Trinajstić information content (AvgIpc) is 2.88. The molecule has 3 rings (SSSR count). The molecule has 1 fully saturated rings. The summed E-state index contributed by atoms with van der Waals surface area (Å²) >= 11 is 0. The van der Waals surface area contributed by atoms with Crippen LogP contribution in [0.1, 0.15) is 35.6 Å². The summed E-state index contributed by atoms with van der Waals surface area (Å²) in [7, 11) is 0. The third kappa shape index (κ3) is 3.35. The first-order valence-corrected chi connectivity index (χ1v) is 8.49. The number of ether oxygens (including phenoxy) is 1. The molecule has 1 aliphatic rings. The maximum Gasteiger partial charge on any atom is 0.295 e. The van der Waals surface area contributed by atoms with Crippen LogP contribution in [-0.2, 0) is 9.53 Å². The lowest BCUT2D eigenvalue weighted by atomic mass is 10.1. The van der Waals surface area contributed by atoms with E-state index in [2.05, 4.69) is 5.10 Å². The summed E-state index contributed by atoms with van der Waals surface area (Å²) in [4.78, 5) is 27.2. The number of amides is 1. The number of para-hydroxylation sites is 1. The smallest absolute Gasteiger partial charge is 0.295 e. The summed E-state index contributed by atoms with van der Waals surface area (Å²) < 4.78 is 7.35. The van der Waals surface area contributed by atoms with Crippen LogP contribution in [0, 0.1) is 13.8 Å². The van der Waals surface area contributed by atoms with Gasteiger partial charge in [-0.25, -0.2) is 4.68 Å². The van der Waals surface area contributed by atoms with Gasteiger partial charge in [0.25, 0.3) is 11.7 Å². The Morgan fingerprint density at radius 1 is 1.08 bits per heavy atom. The fourth-order valence-electron chi connectivity index (χ4n) is 3.39. The molecule has 0 aliphatic carbocycles. The Labute approximate surface area is 147 Å². The first-order chi connectivity index (χ1) is 11.9. The number of ketones is 1. The molecule has 1 aliphatic heterocycles. The van der Waals surface area contributed by atoms with Crippen LogP contribution >= 0.6 is 0 Å². The van der Waals surface area contributed by atoms with Gasteiger partial charge in [-0.1, -0.05) is 18.2 Å². The lowest BCUT2D eigenvalue weighted by molar-refractivity contribution is -0.138. The zero-order chi connectivity index (χ0) is 18.1. The summed E-state index contributed by atoms with van der Waals surface area (Å²) in [6.07, 6.45) is -0.149. The summed E-state index contributed by atoms with van der Waals surface area (Å²) in [5.74, 6) is -0.987. The number of hydrogen-bond acceptors (Lipinski definition) is 4. The van der Waals surface area contributed by atoms with Gasteiger partial charge in [0, 0.05) is 13.1 Å². The van der Waals surface area contributed by atoms with Crippen molar-refractivity contribution in [1.29, 1.82) is 0 Å². The van der Waals surface area contributed by atoms with Crippen molar-refractivity contribution in [2.75, 3.05) is 13.1 Å². The van der Waals surface area contributed by atoms with E-state index in [9.17, 15) is 9.59 Å². The Morgan fingerprint density at radius 3 is 2.28 bits per heavy atom. The molecule has 0 bridgehead atoms. The average molecular weight is 341 g/mol. The maximum atomic E-state index is 12.9. The number of rotatable bonds is 3. The molecule has 0 unspecified atom stereocenters. The number of aryl methyl sites for hydroxylation is 1. The third-order valence-corrected chi connectivity index (χ3v) is 4.42. The van der Waals surface area contributed by atoms with Crippen molar-refractivity contribution in [3.8, 4) is 5.69 Å². The SMILES string of the molecule is Cc1nn(-c2ccccc2)c(C)c1C(=O)C(=O)N1C[C@@H](C)O[C@@H](C)C1. The van der Waals surface area contributed by atoms with Crippen LogP contribution in [0.2, 0.25) is 0 Å². The van der Waals surface area contributed by atoms with Crippen LogP contribution in [0.4, 0.5) is 0 Å². The third-order valence-electron chi connectivity index (χ3n) is 4.42. The molecule has 132 valence electrons. The van der Waals surface area contributed by atoms with Gasteiger partial charge >= 0.3 is 0 Å². The molecule has 0 N–H and O–H groups in total. The second-order valence-electron chi connectivity index (χ2n) is 6.59. The molecule has 1 aromatic heterocycles. The molecule has 2 aromatic rings. The molecular weight excluding hydrogens is 318 g/mol. The van der Waals surface area contributed by atoms with Gasteiger partial charge in [0.2, 0.25) is 0 Å². The fraction of sp³-hybridized carbons (Fsp3) is 0.421. The minimum absolute atomic E-state index is 0.0743. The molecule has 0 spiro atoms. The van der Waals surface area contributed by atoms with Crippen LogP contribution in [0.3, 0.4) is 0 Å². The summed E-state index contributed by atoms with van der Waals surface area (Å²) in [5, 5.41) is 4.46. The molecule has 2 atom stereocenters. The minimum atomic E-state index is -0.501. The van der Waals surface area contributed by atoms with Crippen molar-refractivity contribution in [1.82, 2.24) is 14.7 Å². The van der Waals surface area contributed by atoms with E-state index in [0.29, 0.717) is 30.0 Å². The van der Waals surface area contributed by atoms with Crippen molar-refractivity contribution < 1.29 is 14.3 Å². The van der Waals surface area contributed by atoms with Gasteiger partial charge in [-0.3, -0.25) is 9.59 Å². The zero-order valence-electron chi connectivity index (χ0n) is 15.0. The molecular formula is C19H23N3O3. The highest BCUT2D eigenvalue weighted by atomic mass is 16.5. The number of aromatic nitrogens is 2. The van der Waals surface area contributed by atoms with E-state index in [1.807, 2.05) is 51.1 Å². The van der Waals surface area contributed by atoms with E-state index in [1.54, 1.807) is 16.5 Å². The molecule has 0 saturated carbocycles. The van der Waals surface area contributed by atoms with Crippen molar-refractivity contribution >= 4 is 11.7 Å². The molecule has 6 nitrogen and oxygen atoms in total. The highest BCUT2D eigenvalue weighted by molar-refractivity contribution is 6.43. The Kier molecular flexibility index (Phi) is 4.72. The first-order valence-electron chi connectivity index (χ1n) is 8.49.